The Hall–Kier alpha value is -5.18. The molecule has 0 amide bonds. The quantitative estimate of drug-likeness (QED) is 0.206. The first-order chi connectivity index (χ1) is 26.9. The van der Waals surface area contributed by atoms with Gasteiger partial charge in [-0.3, -0.25) is 24.0 Å². The van der Waals surface area contributed by atoms with Crippen LogP contribution in [0.5, 0.6) is 0 Å². The van der Waals surface area contributed by atoms with Crippen LogP contribution in [0.15, 0.2) is 78.9 Å². The topological polar surface area (TPSA) is 187 Å². The Morgan fingerprint density at radius 2 is 1.42 bits per heavy atom. The summed E-state index contributed by atoms with van der Waals surface area (Å²) >= 11 is 0. The van der Waals surface area contributed by atoms with Crippen LogP contribution in [0.3, 0.4) is 0 Å². The molecule has 3 saturated carbocycles. The van der Waals surface area contributed by atoms with Crippen molar-refractivity contribution in [3.63, 3.8) is 0 Å². The molecule has 2 aromatic rings. The van der Waals surface area contributed by atoms with E-state index in [1.54, 1.807) is 31.2 Å². The highest BCUT2D eigenvalue weighted by Gasteiger charge is 2.84. The van der Waals surface area contributed by atoms with Gasteiger partial charge in [0.25, 0.3) is 0 Å². The van der Waals surface area contributed by atoms with Crippen LogP contribution in [0.25, 0.3) is 6.08 Å². The molecule has 4 bridgehead atoms. The van der Waals surface area contributed by atoms with Crippen LogP contribution < -0.4 is 0 Å². The van der Waals surface area contributed by atoms with Crippen molar-refractivity contribution < 1.29 is 67.0 Å². The SMILES string of the molecule is C=C1C(OCC=Cc2ccccc2)CC(OC(C)=O)C2(OC(=O)c3ccccc3)C(OC(C)=O)C(OC(C)=O)C3(O)C4(C)OCC3(C)C(CC4=O)C(OC(C)=O)C12. The first-order valence-electron chi connectivity index (χ1n) is 18.8. The van der Waals surface area contributed by atoms with Crippen molar-refractivity contribution >= 4 is 41.7 Å². The van der Waals surface area contributed by atoms with Crippen LogP contribution in [0.4, 0.5) is 0 Å². The van der Waals surface area contributed by atoms with Gasteiger partial charge in [-0.2, -0.15) is 0 Å². The van der Waals surface area contributed by atoms with Gasteiger partial charge in [0, 0.05) is 51.9 Å². The molecule has 0 aromatic heterocycles. The van der Waals surface area contributed by atoms with Crippen LogP contribution >= 0.6 is 0 Å². The molecule has 14 heteroatoms. The third-order valence-electron chi connectivity index (χ3n) is 12.1. The molecule has 57 heavy (non-hydrogen) atoms. The molecular formula is C43H48O14. The minimum Gasteiger partial charge on any atom is -0.461 e. The van der Waals surface area contributed by atoms with Crippen LogP contribution in [0.1, 0.15) is 70.3 Å². The van der Waals surface area contributed by atoms with Crippen molar-refractivity contribution in [1.82, 2.24) is 0 Å². The van der Waals surface area contributed by atoms with Crippen molar-refractivity contribution in [2.24, 2.45) is 17.3 Å². The molecule has 304 valence electrons. The van der Waals surface area contributed by atoms with Crippen molar-refractivity contribution in [3.8, 4) is 0 Å². The highest BCUT2D eigenvalue weighted by Crippen LogP contribution is 2.66. The van der Waals surface area contributed by atoms with Gasteiger partial charge in [0.1, 0.15) is 17.8 Å². The van der Waals surface area contributed by atoms with E-state index in [9.17, 15) is 33.9 Å². The summed E-state index contributed by atoms with van der Waals surface area (Å²) in [5, 5.41) is 13.4. The number of ether oxygens (including phenoxy) is 7. The molecule has 2 aromatic carbocycles. The Balaban J connectivity index is 1.66. The highest BCUT2D eigenvalue weighted by molar-refractivity contribution is 5.92. The van der Waals surface area contributed by atoms with Crippen molar-refractivity contribution in [2.45, 2.75) is 102 Å². The van der Waals surface area contributed by atoms with E-state index in [0.29, 0.717) is 0 Å². The maximum atomic E-state index is 14.5. The van der Waals surface area contributed by atoms with Crippen LogP contribution in [-0.4, -0.2) is 101 Å². The number of aliphatic hydroxyl groups is 1. The summed E-state index contributed by atoms with van der Waals surface area (Å²) in [6.45, 7) is 11.5. The fourth-order valence-electron chi connectivity index (χ4n) is 9.59. The zero-order chi connectivity index (χ0) is 41.5. The number of esters is 5. The van der Waals surface area contributed by atoms with Gasteiger partial charge in [-0.1, -0.05) is 74.2 Å². The summed E-state index contributed by atoms with van der Waals surface area (Å²) in [6, 6.07) is 17.2. The van der Waals surface area contributed by atoms with E-state index in [1.165, 1.54) is 19.1 Å². The van der Waals surface area contributed by atoms with Gasteiger partial charge in [-0.05, 0) is 30.2 Å². The Labute approximate surface area is 330 Å². The minimum atomic E-state index is -2.54. The lowest BCUT2D eigenvalue weighted by Crippen LogP contribution is -2.83. The van der Waals surface area contributed by atoms with Crippen LogP contribution in [0.2, 0.25) is 0 Å². The highest BCUT2D eigenvalue weighted by atomic mass is 16.7. The van der Waals surface area contributed by atoms with Crippen LogP contribution in [-0.2, 0) is 57.1 Å². The smallest absolute Gasteiger partial charge is 0.338 e. The van der Waals surface area contributed by atoms with Crippen molar-refractivity contribution in [3.05, 3.63) is 90.0 Å². The van der Waals surface area contributed by atoms with E-state index in [2.05, 4.69) is 6.58 Å². The third-order valence-corrected chi connectivity index (χ3v) is 12.1. The van der Waals surface area contributed by atoms with E-state index in [0.717, 1.165) is 33.3 Å². The molecule has 0 spiro atoms. The molecule has 1 aliphatic heterocycles. The molecule has 4 aliphatic rings. The molecule has 11 atom stereocenters. The molecule has 3 aliphatic carbocycles. The average Bonchev–Trinajstić information content (AvgIpc) is 3.30. The molecule has 0 radical (unpaired) electrons. The monoisotopic (exact) mass is 788 g/mol. The fourth-order valence-corrected chi connectivity index (χ4v) is 9.59. The number of rotatable bonds is 10. The molecule has 1 heterocycles. The number of benzene rings is 2. The van der Waals surface area contributed by atoms with E-state index in [-0.39, 0.29) is 37.2 Å². The standard InChI is InChI=1S/C43H48O14/c1-24-32(51-20-14-17-29-15-10-8-11-16-29)22-34(53-25(2)44)42(57-39(49)30-18-12-9-13-19-30)35(24)36(54-26(3)45)31-21-33(48)41(7)43(50,40(31,6)23-52-41)38(56-28(5)47)37(42)55-27(4)46/h8-19,31-32,34-38,50H,1,20-23H2,2-7H3. The van der Waals surface area contributed by atoms with Crippen molar-refractivity contribution in [1.29, 1.82) is 0 Å². The molecule has 1 N–H and O–H groups in total. The Morgan fingerprint density at radius 1 is 0.842 bits per heavy atom. The van der Waals surface area contributed by atoms with E-state index >= 15 is 0 Å². The summed E-state index contributed by atoms with van der Waals surface area (Å²) in [5.74, 6) is -7.89. The zero-order valence-electron chi connectivity index (χ0n) is 32.8. The first-order valence-corrected chi connectivity index (χ1v) is 18.8. The van der Waals surface area contributed by atoms with Gasteiger partial charge in [-0.25, -0.2) is 4.79 Å². The normalized spacial score (nSPS) is 35.6. The van der Waals surface area contributed by atoms with Gasteiger partial charge >= 0.3 is 29.8 Å². The van der Waals surface area contributed by atoms with E-state index in [4.69, 9.17) is 33.2 Å². The molecule has 4 fully saturated rings. The van der Waals surface area contributed by atoms with E-state index in [1.807, 2.05) is 36.4 Å². The lowest BCUT2D eigenvalue weighted by atomic mass is 9.45. The molecule has 14 nitrogen and oxygen atoms in total. The largest absolute Gasteiger partial charge is 0.461 e. The summed E-state index contributed by atoms with van der Waals surface area (Å²) in [5.41, 5.74) is -7.61. The van der Waals surface area contributed by atoms with Gasteiger partial charge in [0.05, 0.1) is 30.8 Å². The molecule has 11 unspecified atom stereocenters. The lowest BCUT2D eigenvalue weighted by Gasteiger charge is -2.64. The third kappa shape index (κ3) is 6.97. The number of Topliss-reactive ketones (excluding diaryl/α,β-unsaturated/α-hetero) is 1. The first kappa shape index (κ1) is 41.5. The number of hydrogen-bond donors (Lipinski definition) is 1. The number of carbonyl (C=O) groups excluding carboxylic acids is 6. The summed E-state index contributed by atoms with van der Waals surface area (Å²) in [6.07, 6.45) is -5.19. The molecule has 1 saturated heterocycles. The fraction of sp³-hybridized carbons (Fsp3) is 0.488. The van der Waals surface area contributed by atoms with Gasteiger partial charge < -0.3 is 38.3 Å². The molecular weight excluding hydrogens is 740 g/mol. The van der Waals surface area contributed by atoms with Crippen LogP contribution in [0, 0.1) is 17.3 Å². The maximum Gasteiger partial charge on any atom is 0.338 e. The predicted molar refractivity (Wildman–Crippen MR) is 200 cm³/mol. The summed E-state index contributed by atoms with van der Waals surface area (Å²) in [4.78, 5) is 81.9. The van der Waals surface area contributed by atoms with Crippen molar-refractivity contribution in [2.75, 3.05) is 13.2 Å². The Morgan fingerprint density at radius 3 is 2.02 bits per heavy atom. The van der Waals surface area contributed by atoms with Gasteiger partial charge in [0.2, 0.25) is 0 Å². The summed E-state index contributed by atoms with van der Waals surface area (Å²) < 4.78 is 43.5. The second-order valence-electron chi connectivity index (χ2n) is 15.5. The molecule has 6 rings (SSSR count). The average molecular weight is 789 g/mol. The van der Waals surface area contributed by atoms with E-state index < -0.39 is 100 Å². The predicted octanol–water partition coefficient (Wildman–Crippen LogP) is 4.11. The minimum absolute atomic E-state index is 0.0160. The second kappa shape index (κ2) is 15.6. The van der Waals surface area contributed by atoms with Gasteiger partial charge in [-0.15, -0.1) is 0 Å². The Bertz CT molecular complexity index is 1960. The zero-order valence-corrected chi connectivity index (χ0v) is 32.8. The van der Waals surface area contributed by atoms with Gasteiger partial charge in [0.15, 0.2) is 29.2 Å². The number of ketones is 1. The maximum absolute atomic E-state index is 14.5. The summed E-state index contributed by atoms with van der Waals surface area (Å²) in [7, 11) is 0. The number of carbonyl (C=O) groups is 6. The number of hydrogen-bond acceptors (Lipinski definition) is 14. The second-order valence-corrected chi connectivity index (χ2v) is 15.5. The lowest BCUT2D eigenvalue weighted by molar-refractivity contribution is -0.311. The Kier molecular flexibility index (Phi) is 11.4. The number of fused-ring (bicyclic) bond motifs is 1.